The molecular formula is C25H18N2O2S. The van der Waals surface area contributed by atoms with Crippen LogP contribution in [-0.2, 0) is 12.8 Å². The zero-order valence-electron chi connectivity index (χ0n) is 16.4. The smallest absolute Gasteiger partial charge is 0.261 e. The SMILES string of the molecule is COc1cc2ccccc2cc1C(=O)Nc1nc2c(cc3c4c(cccc42)CC3)s1. The fraction of sp³-hybridized carbons (Fsp3) is 0.120. The Balaban J connectivity index is 1.42. The third kappa shape index (κ3) is 2.59. The van der Waals surface area contributed by atoms with Crippen molar-refractivity contribution in [3.63, 3.8) is 0 Å². The Hall–Kier alpha value is -3.44. The normalized spacial score (nSPS) is 12.7. The number of carbonyl (C=O) groups is 1. The van der Waals surface area contributed by atoms with Crippen molar-refractivity contribution in [3.05, 3.63) is 77.4 Å². The summed E-state index contributed by atoms with van der Waals surface area (Å²) < 4.78 is 6.60. The number of benzene rings is 4. The molecule has 1 aliphatic carbocycles. The number of nitrogens with one attached hydrogen (secondary N) is 1. The van der Waals surface area contributed by atoms with E-state index in [9.17, 15) is 4.79 Å². The van der Waals surface area contributed by atoms with E-state index >= 15 is 0 Å². The summed E-state index contributed by atoms with van der Waals surface area (Å²) in [6.07, 6.45) is 2.16. The standard InChI is InChI=1S/C25H18N2O2S/c1-29-20-12-16-6-3-2-5-15(16)11-19(20)24(28)27-25-26-23-18-8-4-7-14-9-10-17(22(14)18)13-21(23)30-25/h2-8,11-13H,9-10H2,1H3,(H,26,27,28). The van der Waals surface area contributed by atoms with Gasteiger partial charge in [-0.15, -0.1) is 0 Å². The van der Waals surface area contributed by atoms with Crippen molar-refractivity contribution in [1.82, 2.24) is 4.98 Å². The van der Waals surface area contributed by atoms with Gasteiger partial charge in [-0.1, -0.05) is 53.8 Å². The van der Waals surface area contributed by atoms with Crippen LogP contribution in [0.4, 0.5) is 5.13 Å². The quantitative estimate of drug-likeness (QED) is 0.399. The fourth-order valence-electron chi connectivity index (χ4n) is 4.49. The lowest BCUT2D eigenvalue weighted by molar-refractivity contribution is 0.102. The summed E-state index contributed by atoms with van der Waals surface area (Å²) in [4.78, 5) is 17.9. The van der Waals surface area contributed by atoms with Crippen molar-refractivity contribution in [2.45, 2.75) is 12.8 Å². The molecule has 1 amide bonds. The van der Waals surface area contributed by atoms with Crippen molar-refractivity contribution in [2.75, 3.05) is 12.4 Å². The Bertz CT molecular complexity index is 1490. The summed E-state index contributed by atoms with van der Waals surface area (Å²) in [7, 11) is 1.59. The maximum atomic E-state index is 13.1. The molecule has 30 heavy (non-hydrogen) atoms. The average molecular weight is 410 g/mol. The first-order chi connectivity index (χ1) is 14.7. The average Bonchev–Trinajstić information content (AvgIpc) is 3.38. The lowest BCUT2D eigenvalue weighted by atomic mass is 10.0. The molecule has 0 atom stereocenters. The Kier molecular flexibility index (Phi) is 3.80. The molecule has 0 unspecified atom stereocenters. The molecule has 4 nitrogen and oxygen atoms in total. The Labute approximate surface area is 177 Å². The molecule has 5 aromatic rings. The van der Waals surface area contributed by atoms with Gasteiger partial charge in [0.2, 0.25) is 0 Å². The van der Waals surface area contributed by atoms with Gasteiger partial charge in [-0.25, -0.2) is 4.98 Å². The summed E-state index contributed by atoms with van der Waals surface area (Å²) in [6, 6.07) is 20.4. The fourth-order valence-corrected chi connectivity index (χ4v) is 5.43. The minimum atomic E-state index is -0.214. The van der Waals surface area contributed by atoms with Crippen LogP contribution in [0.1, 0.15) is 21.5 Å². The maximum Gasteiger partial charge on any atom is 0.261 e. The second kappa shape index (κ2) is 6.54. The number of carbonyl (C=O) groups excluding carboxylic acids is 1. The molecule has 0 fully saturated rings. The first kappa shape index (κ1) is 17.4. The molecule has 1 heterocycles. The molecule has 4 aromatic carbocycles. The van der Waals surface area contributed by atoms with E-state index in [1.165, 1.54) is 33.2 Å². The van der Waals surface area contributed by atoms with Gasteiger partial charge in [-0.3, -0.25) is 10.1 Å². The van der Waals surface area contributed by atoms with Crippen LogP contribution < -0.4 is 10.1 Å². The van der Waals surface area contributed by atoms with E-state index in [1.807, 2.05) is 36.4 Å². The van der Waals surface area contributed by atoms with Crippen LogP contribution >= 0.6 is 11.3 Å². The minimum absolute atomic E-state index is 0.214. The highest BCUT2D eigenvalue weighted by molar-refractivity contribution is 7.22. The highest BCUT2D eigenvalue weighted by Crippen LogP contribution is 2.39. The summed E-state index contributed by atoms with van der Waals surface area (Å²) in [5.41, 5.74) is 4.24. The number of methoxy groups -OCH3 is 1. The van der Waals surface area contributed by atoms with E-state index in [0.29, 0.717) is 16.4 Å². The van der Waals surface area contributed by atoms with Gasteiger partial charge in [0.25, 0.3) is 5.91 Å². The number of amides is 1. The molecule has 0 radical (unpaired) electrons. The molecule has 0 bridgehead atoms. The number of aryl methyl sites for hydroxylation is 2. The summed E-state index contributed by atoms with van der Waals surface area (Å²) >= 11 is 1.52. The molecule has 5 heteroatoms. The molecule has 1 aromatic heterocycles. The van der Waals surface area contributed by atoms with Crippen LogP contribution in [-0.4, -0.2) is 18.0 Å². The Morgan fingerprint density at radius 2 is 1.80 bits per heavy atom. The van der Waals surface area contributed by atoms with E-state index in [4.69, 9.17) is 9.72 Å². The van der Waals surface area contributed by atoms with Gasteiger partial charge < -0.3 is 4.74 Å². The molecule has 6 rings (SSSR count). The number of fused-ring (bicyclic) bond motifs is 3. The number of ether oxygens (including phenoxy) is 1. The third-order valence-electron chi connectivity index (χ3n) is 5.88. The number of anilines is 1. The lowest BCUT2D eigenvalue weighted by Crippen LogP contribution is -2.13. The van der Waals surface area contributed by atoms with E-state index in [2.05, 4.69) is 29.6 Å². The summed E-state index contributed by atoms with van der Waals surface area (Å²) in [6.45, 7) is 0. The number of aromatic nitrogens is 1. The van der Waals surface area contributed by atoms with E-state index < -0.39 is 0 Å². The van der Waals surface area contributed by atoms with Crippen LogP contribution in [0.25, 0.3) is 31.8 Å². The van der Waals surface area contributed by atoms with Gasteiger partial charge in [0.1, 0.15) is 5.75 Å². The van der Waals surface area contributed by atoms with E-state index in [1.54, 1.807) is 7.11 Å². The number of thiazole rings is 1. The Morgan fingerprint density at radius 3 is 2.63 bits per heavy atom. The first-order valence-corrected chi connectivity index (χ1v) is 10.7. The molecule has 0 saturated heterocycles. The highest BCUT2D eigenvalue weighted by atomic mass is 32.1. The maximum absolute atomic E-state index is 13.1. The zero-order valence-corrected chi connectivity index (χ0v) is 17.2. The number of hydrogen-bond acceptors (Lipinski definition) is 4. The highest BCUT2D eigenvalue weighted by Gasteiger charge is 2.20. The van der Waals surface area contributed by atoms with Crippen molar-refractivity contribution in [1.29, 1.82) is 0 Å². The number of nitrogens with zero attached hydrogens (tertiary/aromatic N) is 1. The molecular weight excluding hydrogens is 392 g/mol. The lowest BCUT2D eigenvalue weighted by Gasteiger charge is -2.10. The predicted octanol–water partition coefficient (Wildman–Crippen LogP) is 5.96. The molecule has 1 aliphatic rings. The van der Waals surface area contributed by atoms with Gasteiger partial charge in [-0.2, -0.15) is 0 Å². The third-order valence-corrected chi connectivity index (χ3v) is 6.80. The van der Waals surface area contributed by atoms with Crippen LogP contribution in [0.3, 0.4) is 0 Å². The first-order valence-electron chi connectivity index (χ1n) is 9.93. The van der Waals surface area contributed by atoms with Crippen LogP contribution in [0.15, 0.2) is 60.7 Å². The minimum Gasteiger partial charge on any atom is -0.496 e. The van der Waals surface area contributed by atoms with E-state index in [0.717, 1.165) is 33.8 Å². The van der Waals surface area contributed by atoms with Gasteiger partial charge >= 0.3 is 0 Å². The van der Waals surface area contributed by atoms with Crippen molar-refractivity contribution in [2.24, 2.45) is 0 Å². The van der Waals surface area contributed by atoms with Crippen molar-refractivity contribution < 1.29 is 9.53 Å². The number of rotatable bonds is 3. The zero-order chi connectivity index (χ0) is 20.2. The Morgan fingerprint density at radius 1 is 1.00 bits per heavy atom. The van der Waals surface area contributed by atoms with Crippen LogP contribution in [0, 0.1) is 0 Å². The molecule has 0 saturated carbocycles. The van der Waals surface area contributed by atoms with Crippen LogP contribution in [0.5, 0.6) is 5.75 Å². The molecule has 0 spiro atoms. The second-order valence-electron chi connectivity index (χ2n) is 7.59. The van der Waals surface area contributed by atoms with Gasteiger partial charge in [-0.05, 0) is 58.3 Å². The topological polar surface area (TPSA) is 51.2 Å². The predicted molar refractivity (Wildman–Crippen MR) is 123 cm³/mol. The van der Waals surface area contributed by atoms with E-state index in [-0.39, 0.29) is 5.91 Å². The second-order valence-corrected chi connectivity index (χ2v) is 8.63. The monoisotopic (exact) mass is 410 g/mol. The van der Waals surface area contributed by atoms with Crippen LogP contribution in [0.2, 0.25) is 0 Å². The largest absolute Gasteiger partial charge is 0.496 e. The molecule has 1 N–H and O–H groups in total. The van der Waals surface area contributed by atoms with Gasteiger partial charge in [0, 0.05) is 5.39 Å². The molecule has 146 valence electrons. The van der Waals surface area contributed by atoms with Gasteiger partial charge in [0.05, 0.1) is 22.9 Å². The number of hydrogen-bond donors (Lipinski definition) is 1. The summed E-state index contributed by atoms with van der Waals surface area (Å²) in [5, 5.41) is 8.15. The van der Waals surface area contributed by atoms with Gasteiger partial charge in [0.15, 0.2) is 5.13 Å². The molecule has 0 aliphatic heterocycles. The van der Waals surface area contributed by atoms with Crippen molar-refractivity contribution in [3.8, 4) is 5.75 Å². The van der Waals surface area contributed by atoms with Crippen molar-refractivity contribution >= 4 is 54.1 Å². The summed E-state index contributed by atoms with van der Waals surface area (Å²) in [5.74, 6) is 0.341.